The summed E-state index contributed by atoms with van der Waals surface area (Å²) in [6.07, 6.45) is 23.9. The van der Waals surface area contributed by atoms with Gasteiger partial charge in [0.15, 0.2) is 0 Å². The van der Waals surface area contributed by atoms with E-state index in [0.717, 1.165) is 17.9 Å². The van der Waals surface area contributed by atoms with Crippen LogP contribution < -0.4 is 5.32 Å². The zero-order chi connectivity index (χ0) is 16.2. The van der Waals surface area contributed by atoms with Crippen molar-refractivity contribution in [2.75, 3.05) is 6.54 Å². The monoisotopic (exact) mass is 317 g/mol. The SMILES string of the molecule is CCC1C2CCCCCCCCC=C=CCCCCCC1NC2. The van der Waals surface area contributed by atoms with E-state index < -0.39 is 0 Å². The number of fused-ring (bicyclic) bond motifs is 2. The van der Waals surface area contributed by atoms with Crippen LogP contribution in [-0.2, 0) is 0 Å². The summed E-state index contributed by atoms with van der Waals surface area (Å²) >= 11 is 0. The van der Waals surface area contributed by atoms with E-state index >= 15 is 0 Å². The first-order valence-electron chi connectivity index (χ1n) is 10.5. The average molecular weight is 318 g/mol. The summed E-state index contributed by atoms with van der Waals surface area (Å²) in [6.45, 7) is 3.70. The molecule has 1 heterocycles. The number of rotatable bonds is 1. The fourth-order valence-corrected chi connectivity index (χ4v) is 4.58. The molecule has 1 fully saturated rings. The Balaban J connectivity index is 1.79. The molecule has 2 rings (SSSR count). The van der Waals surface area contributed by atoms with Crippen LogP contribution in [0.1, 0.15) is 96.8 Å². The lowest BCUT2D eigenvalue weighted by Gasteiger charge is -2.23. The Hall–Kier alpha value is -0.520. The molecule has 3 atom stereocenters. The highest BCUT2D eigenvalue weighted by atomic mass is 15.0. The van der Waals surface area contributed by atoms with E-state index in [4.69, 9.17) is 0 Å². The van der Waals surface area contributed by atoms with Gasteiger partial charge in [-0.1, -0.05) is 58.3 Å². The lowest BCUT2D eigenvalue weighted by Crippen LogP contribution is -2.26. The van der Waals surface area contributed by atoms with E-state index in [0.29, 0.717) is 0 Å². The standard InChI is InChI=1S/C22H39N/c1-2-21-20-17-15-13-11-9-7-5-3-4-6-8-10-12-14-16-18-22(21)23-19-20/h4,8,20-23H,2-3,5,7,9-19H2,1H3. The highest BCUT2D eigenvalue weighted by Gasteiger charge is 2.33. The topological polar surface area (TPSA) is 12.0 Å². The van der Waals surface area contributed by atoms with Crippen molar-refractivity contribution in [1.82, 2.24) is 5.32 Å². The van der Waals surface area contributed by atoms with E-state index in [1.165, 1.54) is 96.4 Å². The largest absolute Gasteiger partial charge is 0.313 e. The van der Waals surface area contributed by atoms with Crippen LogP contribution in [0.3, 0.4) is 0 Å². The van der Waals surface area contributed by atoms with E-state index in [1.54, 1.807) is 0 Å². The third-order valence-corrected chi connectivity index (χ3v) is 6.01. The maximum absolute atomic E-state index is 3.85. The lowest BCUT2D eigenvalue weighted by atomic mass is 9.83. The first-order chi connectivity index (χ1) is 11.4. The Bertz CT molecular complexity index is 353. The predicted octanol–water partition coefficient (Wildman–Crippen LogP) is 6.40. The molecule has 1 heteroatoms. The van der Waals surface area contributed by atoms with Crippen molar-refractivity contribution in [2.24, 2.45) is 11.8 Å². The molecule has 1 saturated heterocycles. The van der Waals surface area contributed by atoms with E-state index in [-0.39, 0.29) is 0 Å². The molecule has 0 saturated carbocycles. The van der Waals surface area contributed by atoms with Crippen LogP contribution in [0.4, 0.5) is 0 Å². The van der Waals surface area contributed by atoms with E-state index in [9.17, 15) is 0 Å². The Morgan fingerprint density at radius 1 is 0.826 bits per heavy atom. The molecule has 0 radical (unpaired) electrons. The second kappa shape index (κ2) is 11.9. The molecule has 1 aliphatic heterocycles. The van der Waals surface area contributed by atoms with Crippen molar-refractivity contribution >= 4 is 0 Å². The number of nitrogens with one attached hydrogen (secondary N) is 1. The maximum Gasteiger partial charge on any atom is 0.00984 e. The molecule has 0 aromatic heterocycles. The summed E-state index contributed by atoms with van der Waals surface area (Å²) in [7, 11) is 0. The van der Waals surface area contributed by atoms with Gasteiger partial charge in [0.2, 0.25) is 0 Å². The Morgan fingerprint density at radius 2 is 1.43 bits per heavy atom. The summed E-state index contributed by atoms with van der Waals surface area (Å²) in [5.41, 5.74) is 3.38. The van der Waals surface area contributed by atoms with Crippen molar-refractivity contribution in [3.63, 3.8) is 0 Å². The van der Waals surface area contributed by atoms with Crippen molar-refractivity contribution in [1.29, 1.82) is 0 Å². The third-order valence-electron chi connectivity index (χ3n) is 6.01. The second-order valence-corrected chi connectivity index (χ2v) is 7.76. The summed E-state index contributed by atoms with van der Waals surface area (Å²) in [6, 6.07) is 0.808. The quantitative estimate of drug-likeness (QED) is 0.552. The van der Waals surface area contributed by atoms with Crippen molar-refractivity contribution in [3.8, 4) is 0 Å². The minimum atomic E-state index is 0.808. The van der Waals surface area contributed by atoms with Crippen LogP contribution in [0, 0.1) is 11.8 Å². The van der Waals surface area contributed by atoms with Crippen LogP contribution in [0.25, 0.3) is 0 Å². The molecular formula is C22H39N. The first-order valence-corrected chi connectivity index (χ1v) is 10.5. The van der Waals surface area contributed by atoms with Gasteiger partial charge in [-0.15, -0.1) is 5.73 Å². The van der Waals surface area contributed by atoms with Gasteiger partial charge in [-0.2, -0.15) is 0 Å². The van der Waals surface area contributed by atoms with Gasteiger partial charge in [0.05, 0.1) is 0 Å². The fraction of sp³-hybridized carbons (Fsp3) is 0.864. The summed E-state index contributed by atoms with van der Waals surface area (Å²) in [5.74, 6) is 1.90. The summed E-state index contributed by atoms with van der Waals surface area (Å²) in [4.78, 5) is 0. The first kappa shape index (κ1) is 18.8. The van der Waals surface area contributed by atoms with Crippen LogP contribution in [-0.4, -0.2) is 12.6 Å². The molecule has 3 unspecified atom stereocenters. The van der Waals surface area contributed by atoms with Gasteiger partial charge in [0, 0.05) is 6.04 Å². The normalized spacial score (nSPS) is 32.1. The minimum absolute atomic E-state index is 0.808. The molecule has 132 valence electrons. The Morgan fingerprint density at radius 3 is 2.17 bits per heavy atom. The maximum atomic E-state index is 3.85. The van der Waals surface area contributed by atoms with Gasteiger partial charge in [0.25, 0.3) is 0 Å². The average Bonchev–Trinajstić information content (AvgIpc) is 2.95. The van der Waals surface area contributed by atoms with Crippen molar-refractivity contribution in [2.45, 2.75) is 103 Å². The predicted molar refractivity (Wildman–Crippen MR) is 102 cm³/mol. The molecule has 1 aliphatic carbocycles. The molecular weight excluding hydrogens is 278 g/mol. The highest BCUT2D eigenvalue weighted by Crippen LogP contribution is 2.32. The Labute approximate surface area is 145 Å². The molecule has 2 bridgehead atoms. The molecule has 0 spiro atoms. The van der Waals surface area contributed by atoms with E-state index in [2.05, 4.69) is 30.1 Å². The number of allylic oxidation sites excluding steroid dienone is 1. The molecule has 0 aromatic carbocycles. The minimum Gasteiger partial charge on any atom is -0.313 e. The zero-order valence-corrected chi connectivity index (χ0v) is 15.5. The number of hydrogen-bond donors (Lipinski definition) is 1. The van der Waals surface area contributed by atoms with Crippen molar-refractivity contribution in [3.05, 3.63) is 17.9 Å². The van der Waals surface area contributed by atoms with Crippen LogP contribution in [0.5, 0.6) is 0 Å². The molecule has 1 N–H and O–H groups in total. The number of hydrogen-bond acceptors (Lipinski definition) is 1. The van der Waals surface area contributed by atoms with Crippen LogP contribution >= 0.6 is 0 Å². The van der Waals surface area contributed by atoms with Gasteiger partial charge in [0.1, 0.15) is 0 Å². The molecule has 23 heavy (non-hydrogen) atoms. The lowest BCUT2D eigenvalue weighted by molar-refractivity contribution is 0.312. The smallest absolute Gasteiger partial charge is 0.00984 e. The molecule has 0 aromatic rings. The van der Waals surface area contributed by atoms with Gasteiger partial charge >= 0.3 is 0 Å². The van der Waals surface area contributed by atoms with Gasteiger partial charge in [-0.25, -0.2) is 0 Å². The van der Waals surface area contributed by atoms with Crippen molar-refractivity contribution < 1.29 is 0 Å². The van der Waals surface area contributed by atoms with Crippen LogP contribution in [0.2, 0.25) is 0 Å². The van der Waals surface area contributed by atoms with Gasteiger partial charge in [-0.3, -0.25) is 0 Å². The van der Waals surface area contributed by atoms with Gasteiger partial charge < -0.3 is 5.32 Å². The molecule has 2 aliphatic rings. The Kier molecular flexibility index (Phi) is 9.76. The molecule has 1 nitrogen and oxygen atoms in total. The summed E-state index contributed by atoms with van der Waals surface area (Å²) in [5, 5.41) is 3.85. The summed E-state index contributed by atoms with van der Waals surface area (Å²) < 4.78 is 0. The highest BCUT2D eigenvalue weighted by molar-refractivity contribution is 4.89. The second-order valence-electron chi connectivity index (χ2n) is 7.76. The van der Waals surface area contributed by atoms with E-state index in [1.807, 2.05) is 0 Å². The fourth-order valence-electron chi connectivity index (χ4n) is 4.58. The van der Waals surface area contributed by atoms with Gasteiger partial charge in [-0.05, 0) is 69.1 Å². The third kappa shape index (κ3) is 7.27. The zero-order valence-electron chi connectivity index (χ0n) is 15.5. The molecule has 0 amide bonds. The van der Waals surface area contributed by atoms with Crippen LogP contribution in [0.15, 0.2) is 17.9 Å².